The van der Waals surface area contributed by atoms with E-state index in [9.17, 15) is 20.4 Å². The highest BCUT2D eigenvalue weighted by Crippen LogP contribution is 2.56. The van der Waals surface area contributed by atoms with E-state index in [4.69, 9.17) is 0 Å². The van der Waals surface area contributed by atoms with Gasteiger partial charge in [0.1, 0.15) is 0 Å². The van der Waals surface area contributed by atoms with Gasteiger partial charge in [-0.15, -0.1) is 0 Å². The molecule has 4 nitrogen and oxygen atoms in total. The smallest absolute Gasteiger partial charge is 0.0927 e. The minimum absolute atomic E-state index is 0.270. The first-order valence-corrected chi connectivity index (χ1v) is 23.2. The van der Waals surface area contributed by atoms with Crippen molar-refractivity contribution in [1.29, 1.82) is 0 Å². The van der Waals surface area contributed by atoms with Crippen molar-refractivity contribution in [2.24, 2.45) is 52.8 Å². The summed E-state index contributed by atoms with van der Waals surface area (Å²) in [7, 11) is 0. The van der Waals surface area contributed by atoms with Crippen LogP contribution in [0, 0.1) is 52.8 Å². The van der Waals surface area contributed by atoms with E-state index >= 15 is 0 Å². The van der Waals surface area contributed by atoms with Crippen LogP contribution in [0.15, 0.2) is 60.7 Å². The zero-order valence-corrected chi connectivity index (χ0v) is 35.2. The topological polar surface area (TPSA) is 80.9 Å². The van der Waals surface area contributed by atoms with Gasteiger partial charge in [-0.2, -0.15) is 0 Å². The van der Waals surface area contributed by atoms with E-state index in [1.807, 2.05) is 43.3 Å². The predicted octanol–water partition coefficient (Wildman–Crippen LogP) is 11.9. The molecule has 0 saturated heterocycles. The molecular formula is C51H78O4. The van der Waals surface area contributed by atoms with Crippen LogP contribution in [0.4, 0.5) is 0 Å². The number of fused-ring (bicyclic) bond motifs is 4. The highest BCUT2D eigenvalue weighted by molar-refractivity contribution is 5.26. The molecule has 0 aliphatic heterocycles. The zero-order valence-electron chi connectivity index (χ0n) is 35.2. The summed E-state index contributed by atoms with van der Waals surface area (Å²) in [4.78, 5) is 0. The lowest BCUT2D eigenvalue weighted by Crippen LogP contribution is -2.40. The first-order chi connectivity index (χ1) is 26.2. The molecule has 55 heavy (non-hydrogen) atoms. The van der Waals surface area contributed by atoms with Gasteiger partial charge in [-0.1, -0.05) is 133 Å². The Kier molecular flexibility index (Phi) is 12.7. The maximum Gasteiger partial charge on any atom is 0.0927 e. The molecule has 8 saturated carbocycles. The van der Waals surface area contributed by atoms with Gasteiger partial charge in [-0.3, -0.25) is 0 Å². The lowest BCUT2D eigenvalue weighted by atomic mass is 9.67. The second-order valence-corrected chi connectivity index (χ2v) is 21.5. The Morgan fingerprint density at radius 2 is 0.855 bits per heavy atom. The summed E-state index contributed by atoms with van der Waals surface area (Å²) in [5.41, 5.74) is 0.890. The summed E-state index contributed by atoms with van der Waals surface area (Å²) >= 11 is 0. The Hall–Kier alpha value is -1.72. The third-order valence-electron chi connectivity index (χ3n) is 16.7. The first kappa shape index (κ1) is 41.4. The zero-order chi connectivity index (χ0) is 38.9. The van der Waals surface area contributed by atoms with Crippen molar-refractivity contribution in [3.05, 3.63) is 71.8 Å². The Labute approximate surface area is 335 Å². The van der Waals surface area contributed by atoms with Gasteiger partial charge in [0.05, 0.1) is 22.4 Å². The van der Waals surface area contributed by atoms with Crippen LogP contribution in [-0.4, -0.2) is 31.6 Å². The molecule has 0 spiro atoms. The van der Waals surface area contributed by atoms with E-state index in [-0.39, 0.29) is 16.6 Å². The maximum atomic E-state index is 11.0. The second kappa shape index (κ2) is 16.9. The third kappa shape index (κ3) is 8.99. The number of rotatable bonds is 3. The SMILES string of the molecule is CC(C)(C)C[C@@]1(O)CC[C@@H]2CCC[C@@H]21.C[C@@]1(O)CC[C@@H]2CCC[C@@H]21.O[C@]1(c2ccccc2)CCC[C@@H]2CCC[C@@H]21.O[C@]1(c2ccccc2)CC[C@@H]2CCC[C@@H]21. The summed E-state index contributed by atoms with van der Waals surface area (Å²) in [5, 5.41) is 42.4. The Morgan fingerprint density at radius 1 is 0.455 bits per heavy atom. The average Bonchev–Trinajstić information content (AvgIpc) is 4.02. The largest absolute Gasteiger partial charge is 0.390 e. The number of hydrogen-bond acceptors (Lipinski definition) is 4. The molecule has 4 N–H and O–H groups in total. The minimum Gasteiger partial charge on any atom is -0.390 e. The van der Waals surface area contributed by atoms with Gasteiger partial charge >= 0.3 is 0 Å². The number of aliphatic hydroxyl groups is 4. The molecule has 12 atom stereocenters. The first-order valence-electron chi connectivity index (χ1n) is 23.2. The second-order valence-electron chi connectivity index (χ2n) is 21.5. The van der Waals surface area contributed by atoms with Gasteiger partial charge in [0, 0.05) is 0 Å². The fraction of sp³-hybridized carbons (Fsp3) is 0.765. The molecule has 4 heteroatoms. The summed E-state index contributed by atoms with van der Waals surface area (Å²) < 4.78 is 0. The van der Waals surface area contributed by atoms with Crippen LogP contribution in [0.5, 0.6) is 0 Å². The molecule has 0 heterocycles. The van der Waals surface area contributed by atoms with Gasteiger partial charge in [0.15, 0.2) is 0 Å². The number of hydrogen-bond donors (Lipinski definition) is 4. The summed E-state index contributed by atoms with van der Waals surface area (Å²) in [6.45, 7) is 8.75. The average molecular weight is 755 g/mol. The van der Waals surface area contributed by atoms with Crippen molar-refractivity contribution in [2.75, 3.05) is 0 Å². The highest BCUT2D eigenvalue weighted by atomic mass is 16.3. The molecule has 2 aromatic carbocycles. The Balaban J connectivity index is 0.000000114. The van der Waals surface area contributed by atoms with Crippen molar-refractivity contribution in [2.45, 2.75) is 191 Å². The van der Waals surface area contributed by atoms with Crippen molar-refractivity contribution in [1.82, 2.24) is 0 Å². The molecule has 2 aromatic rings. The molecule has 0 radical (unpaired) electrons. The molecule has 0 aromatic heterocycles. The van der Waals surface area contributed by atoms with E-state index < -0.39 is 11.2 Å². The Bertz CT molecular complexity index is 1500. The fourth-order valence-corrected chi connectivity index (χ4v) is 14.3. The molecule has 306 valence electrons. The summed E-state index contributed by atoms with van der Waals surface area (Å²) in [6.07, 6.45) is 27.0. The van der Waals surface area contributed by atoms with Crippen molar-refractivity contribution < 1.29 is 20.4 Å². The lowest BCUT2D eigenvalue weighted by molar-refractivity contribution is -0.0700. The van der Waals surface area contributed by atoms with Crippen LogP contribution < -0.4 is 0 Å². The third-order valence-corrected chi connectivity index (χ3v) is 16.7. The minimum atomic E-state index is -0.527. The highest BCUT2D eigenvalue weighted by Gasteiger charge is 2.52. The van der Waals surface area contributed by atoms with Crippen LogP contribution in [0.25, 0.3) is 0 Å². The molecule has 8 aliphatic carbocycles. The molecule has 0 bridgehead atoms. The Morgan fingerprint density at radius 3 is 1.38 bits per heavy atom. The van der Waals surface area contributed by atoms with Crippen LogP contribution >= 0.6 is 0 Å². The van der Waals surface area contributed by atoms with Crippen LogP contribution in [-0.2, 0) is 11.2 Å². The molecule has 10 rings (SSSR count). The van der Waals surface area contributed by atoms with Crippen molar-refractivity contribution >= 4 is 0 Å². The summed E-state index contributed by atoms with van der Waals surface area (Å²) in [5.74, 6) is 5.60. The van der Waals surface area contributed by atoms with Crippen molar-refractivity contribution in [3.8, 4) is 0 Å². The lowest BCUT2D eigenvalue weighted by Gasteiger charge is -2.42. The molecular weight excluding hydrogens is 677 g/mol. The molecule has 0 unspecified atom stereocenters. The summed E-state index contributed by atoms with van der Waals surface area (Å²) in [6, 6.07) is 20.6. The van der Waals surface area contributed by atoms with Gasteiger partial charge in [0.25, 0.3) is 0 Å². The standard InChI is InChI=1S/C15H20O.C14H18O.C13H24O.C9H16O/c16-15(13-8-2-1-3-9-13)11-5-7-12-6-4-10-14(12)15;15-14(12-6-2-1-3-7-12)10-9-11-5-4-8-13(11)14;1-12(2,3)9-13(14)8-7-10-5-4-6-11(10)13;1-9(10)6-5-7-3-2-4-8(7)9/h1-3,8-9,12,14,16H,4-7,10-11H2;1-3,6-7,11,13,15H,4-5,8-10H2;10-11,14H,4-9H2,1-3H3;7-8,10H,2-6H2,1H3/t12-,14-,15-;11-,13-,14-;10-,11-,13-;7-,8-,9+/m0000/s1. The monoisotopic (exact) mass is 755 g/mol. The van der Waals surface area contributed by atoms with Crippen LogP contribution in [0.2, 0.25) is 0 Å². The number of benzene rings is 2. The van der Waals surface area contributed by atoms with Gasteiger partial charge in [0.2, 0.25) is 0 Å². The molecule has 8 fully saturated rings. The van der Waals surface area contributed by atoms with Crippen LogP contribution in [0.1, 0.15) is 180 Å². The van der Waals surface area contributed by atoms with E-state index in [1.165, 1.54) is 109 Å². The molecule has 8 aliphatic rings. The predicted molar refractivity (Wildman–Crippen MR) is 225 cm³/mol. The van der Waals surface area contributed by atoms with Gasteiger partial charge < -0.3 is 20.4 Å². The van der Waals surface area contributed by atoms with E-state index in [2.05, 4.69) is 45.0 Å². The van der Waals surface area contributed by atoms with E-state index in [1.54, 1.807) is 0 Å². The van der Waals surface area contributed by atoms with Crippen molar-refractivity contribution in [3.63, 3.8) is 0 Å². The van der Waals surface area contributed by atoms with E-state index in [0.717, 1.165) is 66.9 Å². The van der Waals surface area contributed by atoms with Gasteiger partial charge in [-0.25, -0.2) is 0 Å². The fourth-order valence-electron chi connectivity index (χ4n) is 14.3. The quantitative estimate of drug-likeness (QED) is 0.252. The van der Waals surface area contributed by atoms with Crippen LogP contribution in [0.3, 0.4) is 0 Å². The molecule has 0 amide bonds. The van der Waals surface area contributed by atoms with Gasteiger partial charge in [-0.05, 0) is 161 Å². The maximum absolute atomic E-state index is 11.0. The van der Waals surface area contributed by atoms with E-state index in [0.29, 0.717) is 23.7 Å². The normalized spacial score (nSPS) is 42.5.